The van der Waals surface area contributed by atoms with Crippen LogP contribution < -0.4 is 14.2 Å². The lowest BCUT2D eigenvalue weighted by atomic mass is 10.1. The molecule has 0 radical (unpaired) electrons. The second-order valence-corrected chi connectivity index (χ2v) is 3.64. The molecule has 0 heterocycles. The Morgan fingerprint density at radius 1 is 0.947 bits per heavy atom. The molecule has 0 aliphatic rings. The van der Waals surface area contributed by atoms with Crippen molar-refractivity contribution in [1.29, 1.82) is 0 Å². The first-order valence-electron chi connectivity index (χ1n) is 5.75. The van der Waals surface area contributed by atoms with Gasteiger partial charge in [-0.1, -0.05) is 0 Å². The zero-order valence-electron chi connectivity index (χ0n) is 12.0. The molecule has 0 saturated carbocycles. The van der Waals surface area contributed by atoms with Crippen LogP contribution in [0.3, 0.4) is 0 Å². The smallest absolute Gasteiger partial charge is 0.203 e. The van der Waals surface area contributed by atoms with E-state index in [4.69, 9.17) is 23.7 Å². The van der Waals surface area contributed by atoms with Gasteiger partial charge in [-0.15, -0.1) is 0 Å². The van der Waals surface area contributed by atoms with Crippen LogP contribution in [0.25, 0.3) is 5.76 Å². The predicted molar refractivity (Wildman–Crippen MR) is 73.0 cm³/mol. The Bertz CT molecular complexity index is 414. The van der Waals surface area contributed by atoms with Crippen molar-refractivity contribution in [3.63, 3.8) is 0 Å². The lowest BCUT2D eigenvalue weighted by Crippen LogP contribution is -1.98. The first kappa shape index (κ1) is 15.2. The van der Waals surface area contributed by atoms with Gasteiger partial charge in [-0.25, -0.2) is 0 Å². The summed E-state index contributed by atoms with van der Waals surface area (Å²) in [5.74, 6) is 2.39. The van der Waals surface area contributed by atoms with E-state index in [1.165, 1.54) is 0 Å². The first-order valence-corrected chi connectivity index (χ1v) is 5.75. The van der Waals surface area contributed by atoms with Crippen LogP contribution in [0.15, 0.2) is 18.2 Å². The third-order valence-corrected chi connectivity index (χ3v) is 2.60. The quantitative estimate of drug-likeness (QED) is 0.710. The molecule has 0 fully saturated rings. The summed E-state index contributed by atoms with van der Waals surface area (Å²) in [6.45, 7) is 0.458. The molecule has 5 nitrogen and oxygen atoms in total. The second-order valence-electron chi connectivity index (χ2n) is 3.64. The molecule has 19 heavy (non-hydrogen) atoms. The lowest BCUT2D eigenvalue weighted by Gasteiger charge is -2.15. The highest BCUT2D eigenvalue weighted by molar-refractivity contribution is 5.67. The van der Waals surface area contributed by atoms with Gasteiger partial charge < -0.3 is 23.7 Å². The average Bonchev–Trinajstić information content (AvgIpc) is 2.46. The molecule has 0 amide bonds. The number of hydrogen-bond donors (Lipinski definition) is 0. The largest absolute Gasteiger partial charge is 0.496 e. The van der Waals surface area contributed by atoms with E-state index in [-0.39, 0.29) is 0 Å². The van der Waals surface area contributed by atoms with Gasteiger partial charge in [0.1, 0.15) is 5.76 Å². The van der Waals surface area contributed by atoms with Gasteiger partial charge in [0, 0.05) is 12.7 Å². The normalized spacial score (nSPS) is 11.1. The standard InChI is InChI=1S/C14H20O5/c1-15-7-6-11(16-2)10-8-12(17-3)14(19-5)13(9-10)18-4/h6,8-9H,7H2,1-5H3/b11-6-. The molecular weight excluding hydrogens is 248 g/mol. The summed E-state index contributed by atoms with van der Waals surface area (Å²) in [5.41, 5.74) is 0.828. The molecule has 106 valence electrons. The summed E-state index contributed by atoms with van der Waals surface area (Å²) in [6, 6.07) is 3.65. The van der Waals surface area contributed by atoms with Crippen LogP contribution >= 0.6 is 0 Å². The van der Waals surface area contributed by atoms with Crippen LogP contribution in [0.4, 0.5) is 0 Å². The minimum Gasteiger partial charge on any atom is -0.496 e. The van der Waals surface area contributed by atoms with Gasteiger partial charge in [0.25, 0.3) is 0 Å². The molecule has 0 saturated heterocycles. The molecule has 0 spiro atoms. The highest BCUT2D eigenvalue weighted by atomic mass is 16.5. The first-order chi connectivity index (χ1) is 9.21. The highest BCUT2D eigenvalue weighted by Gasteiger charge is 2.15. The van der Waals surface area contributed by atoms with Crippen LogP contribution in [0.1, 0.15) is 5.56 Å². The fourth-order valence-electron chi connectivity index (χ4n) is 1.70. The third kappa shape index (κ3) is 3.54. The molecule has 1 aromatic rings. The Morgan fingerprint density at radius 3 is 1.89 bits per heavy atom. The highest BCUT2D eigenvalue weighted by Crippen LogP contribution is 2.39. The molecule has 1 rings (SSSR count). The SMILES string of the molecule is COC/C=C(\OC)c1cc(OC)c(OC)c(OC)c1. The number of benzene rings is 1. The number of hydrogen-bond acceptors (Lipinski definition) is 5. The van der Waals surface area contributed by atoms with Crippen molar-refractivity contribution in [2.45, 2.75) is 0 Å². The molecule has 0 N–H and O–H groups in total. The van der Waals surface area contributed by atoms with Crippen molar-refractivity contribution in [3.8, 4) is 17.2 Å². The third-order valence-electron chi connectivity index (χ3n) is 2.60. The van der Waals surface area contributed by atoms with E-state index in [1.54, 1.807) is 35.5 Å². The maximum absolute atomic E-state index is 5.34. The van der Waals surface area contributed by atoms with Gasteiger partial charge in [0.05, 0.1) is 35.0 Å². The Morgan fingerprint density at radius 2 is 1.53 bits per heavy atom. The Kier molecular flexibility index (Phi) is 6.02. The van der Waals surface area contributed by atoms with E-state index in [9.17, 15) is 0 Å². The summed E-state index contributed by atoms with van der Waals surface area (Å²) >= 11 is 0. The molecule has 0 aliphatic heterocycles. The molecule has 0 bridgehead atoms. The maximum atomic E-state index is 5.34. The van der Waals surface area contributed by atoms with Crippen molar-refractivity contribution < 1.29 is 23.7 Å². The van der Waals surface area contributed by atoms with Crippen LogP contribution in [0.5, 0.6) is 17.2 Å². The molecular formula is C14H20O5. The zero-order valence-corrected chi connectivity index (χ0v) is 12.0. The number of rotatable bonds is 7. The van der Waals surface area contributed by atoms with Gasteiger partial charge in [-0.3, -0.25) is 0 Å². The average molecular weight is 268 g/mol. The fraction of sp³-hybridized carbons (Fsp3) is 0.429. The maximum Gasteiger partial charge on any atom is 0.203 e. The summed E-state index contributed by atoms with van der Waals surface area (Å²) in [6.07, 6.45) is 1.83. The summed E-state index contributed by atoms with van der Waals surface area (Å²) in [4.78, 5) is 0. The minimum atomic E-state index is 0.458. The Balaban J connectivity index is 3.28. The van der Waals surface area contributed by atoms with Crippen LogP contribution in [0.2, 0.25) is 0 Å². The van der Waals surface area contributed by atoms with Crippen molar-refractivity contribution in [3.05, 3.63) is 23.8 Å². The molecule has 0 aliphatic carbocycles. The van der Waals surface area contributed by atoms with Crippen molar-refractivity contribution in [2.24, 2.45) is 0 Å². The molecule has 0 unspecified atom stereocenters. The van der Waals surface area contributed by atoms with E-state index in [0.29, 0.717) is 29.6 Å². The van der Waals surface area contributed by atoms with E-state index < -0.39 is 0 Å². The summed E-state index contributed by atoms with van der Waals surface area (Å²) in [7, 11) is 7.94. The lowest BCUT2D eigenvalue weighted by molar-refractivity contribution is 0.231. The van der Waals surface area contributed by atoms with Crippen LogP contribution in [-0.2, 0) is 9.47 Å². The van der Waals surface area contributed by atoms with Crippen molar-refractivity contribution >= 4 is 5.76 Å². The fourth-order valence-corrected chi connectivity index (χ4v) is 1.70. The Hall–Kier alpha value is -1.88. The van der Waals surface area contributed by atoms with E-state index in [0.717, 1.165) is 5.56 Å². The van der Waals surface area contributed by atoms with Crippen molar-refractivity contribution in [2.75, 3.05) is 42.2 Å². The van der Waals surface area contributed by atoms with E-state index in [1.807, 2.05) is 18.2 Å². The van der Waals surface area contributed by atoms with Gasteiger partial charge in [0.15, 0.2) is 11.5 Å². The van der Waals surface area contributed by atoms with Gasteiger partial charge in [-0.2, -0.15) is 0 Å². The van der Waals surface area contributed by atoms with Gasteiger partial charge in [-0.05, 0) is 18.2 Å². The second kappa shape index (κ2) is 7.53. The van der Waals surface area contributed by atoms with Gasteiger partial charge in [0.2, 0.25) is 5.75 Å². The number of methoxy groups -OCH3 is 5. The Labute approximate surface area is 113 Å². The monoisotopic (exact) mass is 268 g/mol. The van der Waals surface area contributed by atoms with Gasteiger partial charge >= 0.3 is 0 Å². The molecule has 1 aromatic carbocycles. The predicted octanol–water partition coefficient (Wildman–Crippen LogP) is 2.35. The van der Waals surface area contributed by atoms with E-state index in [2.05, 4.69) is 0 Å². The van der Waals surface area contributed by atoms with E-state index >= 15 is 0 Å². The molecule has 5 heteroatoms. The summed E-state index contributed by atoms with van der Waals surface area (Å²) in [5, 5.41) is 0. The molecule has 0 aromatic heterocycles. The number of ether oxygens (including phenoxy) is 5. The zero-order chi connectivity index (χ0) is 14.3. The topological polar surface area (TPSA) is 46.2 Å². The van der Waals surface area contributed by atoms with Crippen LogP contribution in [-0.4, -0.2) is 42.2 Å². The van der Waals surface area contributed by atoms with Crippen molar-refractivity contribution in [1.82, 2.24) is 0 Å². The van der Waals surface area contributed by atoms with Crippen LogP contribution in [0, 0.1) is 0 Å². The minimum absolute atomic E-state index is 0.458. The summed E-state index contributed by atoms with van der Waals surface area (Å²) < 4.78 is 26.2. The molecule has 0 atom stereocenters.